The Morgan fingerprint density at radius 3 is 2.52 bits per heavy atom. The fraction of sp³-hybridized carbons (Fsp3) is 0.208. The third-order valence-corrected chi connectivity index (χ3v) is 5.94. The van der Waals surface area contributed by atoms with Crippen LogP contribution < -0.4 is 9.64 Å². The summed E-state index contributed by atoms with van der Waals surface area (Å²) in [5.74, 6) is -0.581. The van der Waals surface area contributed by atoms with Crippen LogP contribution >= 0.6 is 15.9 Å². The summed E-state index contributed by atoms with van der Waals surface area (Å²) in [4.78, 5) is 14.4. The number of hydrogen-bond donors (Lipinski definition) is 0. The van der Waals surface area contributed by atoms with Crippen LogP contribution in [0, 0.1) is 11.6 Å². The largest absolute Gasteiger partial charge is 0.497 e. The molecule has 0 saturated carbocycles. The van der Waals surface area contributed by atoms with E-state index in [9.17, 15) is 9.18 Å². The molecule has 1 heterocycles. The van der Waals surface area contributed by atoms with Crippen LogP contribution in [0.2, 0.25) is 0 Å². The molecule has 0 spiro atoms. The second-order valence-corrected chi connectivity index (χ2v) is 8.07. The van der Waals surface area contributed by atoms with Gasteiger partial charge in [0.1, 0.15) is 24.0 Å². The number of ether oxygens (including phenoxy) is 2. The number of benzene rings is 3. The minimum absolute atomic E-state index is 0.0292. The van der Waals surface area contributed by atoms with Crippen molar-refractivity contribution < 1.29 is 23.0 Å². The Morgan fingerprint density at radius 2 is 1.84 bits per heavy atom. The van der Waals surface area contributed by atoms with E-state index in [0.29, 0.717) is 12.2 Å². The van der Waals surface area contributed by atoms with E-state index >= 15 is 4.39 Å². The second-order valence-electron chi connectivity index (χ2n) is 7.22. The number of carbonyl (C=O) groups excluding carboxylic acids is 1. The van der Waals surface area contributed by atoms with Gasteiger partial charge < -0.3 is 9.47 Å². The summed E-state index contributed by atoms with van der Waals surface area (Å²) in [5.41, 5.74) is 1.67. The van der Waals surface area contributed by atoms with Crippen LogP contribution in [-0.4, -0.2) is 13.2 Å². The quantitative estimate of drug-likeness (QED) is 0.390. The highest BCUT2D eigenvalue weighted by Crippen LogP contribution is 2.43. The molecule has 1 aliphatic heterocycles. The average molecular weight is 488 g/mol. The molecule has 1 amide bonds. The molecular weight excluding hydrogens is 468 g/mol. The van der Waals surface area contributed by atoms with Gasteiger partial charge in [-0.2, -0.15) is 0 Å². The Hall–Kier alpha value is -2.93. The maximum absolute atomic E-state index is 15.0. The molecule has 0 saturated heterocycles. The topological polar surface area (TPSA) is 38.8 Å². The van der Waals surface area contributed by atoms with Crippen LogP contribution in [0.25, 0.3) is 0 Å². The van der Waals surface area contributed by atoms with E-state index in [0.717, 1.165) is 17.2 Å². The fourth-order valence-electron chi connectivity index (χ4n) is 3.84. The first kappa shape index (κ1) is 21.3. The molecule has 3 aromatic rings. The Labute approximate surface area is 187 Å². The smallest absolute Gasteiger partial charge is 0.415 e. The lowest BCUT2D eigenvalue weighted by molar-refractivity contribution is 0.143. The lowest BCUT2D eigenvalue weighted by Gasteiger charge is -2.37. The summed E-state index contributed by atoms with van der Waals surface area (Å²) >= 11 is 3.06. The van der Waals surface area contributed by atoms with Crippen molar-refractivity contribution in [2.24, 2.45) is 0 Å². The third-order valence-electron chi connectivity index (χ3n) is 5.36. The zero-order valence-corrected chi connectivity index (χ0v) is 18.4. The van der Waals surface area contributed by atoms with Crippen LogP contribution in [-0.2, 0) is 17.8 Å². The molecule has 0 bridgehead atoms. The number of amides is 1. The van der Waals surface area contributed by atoms with Crippen LogP contribution in [0.1, 0.15) is 29.2 Å². The maximum Gasteiger partial charge on any atom is 0.415 e. The van der Waals surface area contributed by atoms with E-state index in [2.05, 4.69) is 15.9 Å². The standard InChI is InChI=1S/C24H20BrF2NO3/c1-30-17-9-7-16(8-10-17)21-12-11-18-22(27)19(25)13-20(26)23(18)28(21)24(29)31-14-15-5-3-2-4-6-15/h2-10,13,21H,11-12,14H2,1H3. The predicted molar refractivity (Wildman–Crippen MR) is 117 cm³/mol. The second kappa shape index (κ2) is 9.06. The Balaban J connectivity index is 1.73. The number of anilines is 1. The number of rotatable bonds is 4. The van der Waals surface area contributed by atoms with Crippen molar-refractivity contribution in [3.63, 3.8) is 0 Å². The third kappa shape index (κ3) is 4.28. The fourth-order valence-corrected chi connectivity index (χ4v) is 4.28. The van der Waals surface area contributed by atoms with Gasteiger partial charge in [-0.1, -0.05) is 42.5 Å². The van der Waals surface area contributed by atoms with Gasteiger partial charge in [0.2, 0.25) is 0 Å². The summed E-state index contributed by atoms with van der Waals surface area (Å²) < 4.78 is 40.5. The number of halogens is 3. The van der Waals surface area contributed by atoms with Gasteiger partial charge in [0.05, 0.1) is 23.3 Å². The molecule has 0 aromatic heterocycles. The first-order valence-electron chi connectivity index (χ1n) is 9.80. The summed E-state index contributed by atoms with van der Waals surface area (Å²) in [5, 5.41) is 0. The lowest BCUT2D eigenvalue weighted by Crippen LogP contribution is -2.40. The average Bonchev–Trinajstić information content (AvgIpc) is 2.81. The normalized spacial score (nSPS) is 15.4. The van der Waals surface area contributed by atoms with Crippen LogP contribution in [0.15, 0.2) is 65.1 Å². The highest BCUT2D eigenvalue weighted by atomic mass is 79.9. The van der Waals surface area contributed by atoms with Gasteiger partial charge in [-0.05, 0) is 58.1 Å². The molecule has 0 aliphatic carbocycles. The van der Waals surface area contributed by atoms with Gasteiger partial charge in [-0.25, -0.2) is 13.6 Å². The maximum atomic E-state index is 15.0. The number of fused-ring (bicyclic) bond motifs is 1. The zero-order chi connectivity index (χ0) is 22.0. The minimum atomic E-state index is -0.730. The SMILES string of the molecule is COc1ccc(C2CCc3c(F)c(Br)cc(F)c3N2C(=O)OCc2ccccc2)cc1. The van der Waals surface area contributed by atoms with Gasteiger partial charge >= 0.3 is 6.09 Å². The van der Waals surface area contributed by atoms with E-state index < -0.39 is 23.8 Å². The number of hydrogen-bond acceptors (Lipinski definition) is 3. The molecule has 0 N–H and O–H groups in total. The van der Waals surface area contributed by atoms with E-state index in [1.54, 1.807) is 19.2 Å². The Morgan fingerprint density at radius 1 is 1.13 bits per heavy atom. The summed E-state index contributed by atoms with van der Waals surface area (Å²) in [7, 11) is 1.56. The van der Waals surface area contributed by atoms with Crippen LogP contribution in [0.4, 0.5) is 19.3 Å². The molecule has 0 fully saturated rings. The van der Waals surface area contributed by atoms with Gasteiger partial charge in [0, 0.05) is 5.56 Å². The van der Waals surface area contributed by atoms with Gasteiger partial charge in [-0.3, -0.25) is 4.90 Å². The van der Waals surface area contributed by atoms with Gasteiger partial charge in [-0.15, -0.1) is 0 Å². The van der Waals surface area contributed by atoms with E-state index in [1.807, 2.05) is 42.5 Å². The summed E-state index contributed by atoms with van der Waals surface area (Å²) in [6, 6.07) is 16.9. The Bertz CT molecular complexity index is 1090. The zero-order valence-electron chi connectivity index (χ0n) is 16.8. The molecule has 4 nitrogen and oxygen atoms in total. The molecule has 31 heavy (non-hydrogen) atoms. The number of methoxy groups -OCH3 is 1. The van der Waals surface area contributed by atoms with Crippen LogP contribution in [0.5, 0.6) is 5.75 Å². The molecule has 1 unspecified atom stereocenters. The van der Waals surface area contributed by atoms with Crippen LogP contribution in [0.3, 0.4) is 0 Å². The molecule has 0 radical (unpaired) electrons. The molecule has 4 rings (SSSR count). The molecule has 7 heteroatoms. The molecular formula is C24H20BrF2NO3. The highest BCUT2D eigenvalue weighted by molar-refractivity contribution is 9.10. The summed E-state index contributed by atoms with van der Waals surface area (Å²) in [6.45, 7) is 0.0292. The summed E-state index contributed by atoms with van der Waals surface area (Å²) in [6.07, 6.45) is -0.0188. The first-order valence-corrected chi connectivity index (χ1v) is 10.6. The van der Waals surface area contributed by atoms with Crippen molar-refractivity contribution in [1.29, 1.82) is 0 Å². The van der Waals surface area contributed by atoms with Crippen molar-refractivity contribution >= 4 is 27.7 Å². The van der Waals surface area contributed by atoms with Crippen molar-refractivity contribution in [2.45, 2.75) is 25.5 Å². The van der Waals surface area contributed by atoms with E-state index in [-0.39, 0.29) is 28.8 Å². The van der Waals surface area contributed by atoms with Crippen molar-refractivity contribution in [3.8, 4) is 5.75 Å². The number of nitrogens with zero attached hydrogens (tertiary/aromatic N) is 1. The monoisotopic (exact) mass is 487 g/mol. The van der Waals surface area contributed by atoms with Crippen molar-refractivity contribution in [1.82, 2.24) is 0 Å². The van der Waals surface area contributed by atoms with E-state index in [4.69, 9.17) is 9.47 Å². The predicted octanol–water partition coefficient (Wildman–Crippen LogP) is 6.57. The van der Waals surface area contributed by atoms with Crippen molar-refractivity contribution in [2.75, 3.05) is 12.0 Å². The molecule has 160 valence electrons. The van der Waals surface area contributed by atoms with Crippen molar-refractivity contribution in [3.05, 3.63) is 93.5 Å². The van der Waals surface area contributed by atoms with E-state index in [1.165, 1.54) is 4.90 Å². The minimum Gasteiger partial charge on any atom is -0.497 e. The Kier molecular flexibility index (Phi) is 6.23. The molecule has 1 atom stereocenters. The van der Waals surface area contributed by atoms with Gasteiger partial charge in [0.25, 0.3) is 0 Å². The van der Waals surface area contributed by atoms with Gasteiger partial charge in [0.15, 0.2) is 0 Å². The molecule has 1 aliphatic rings. The highest BCUT2D eigenvalue weighted by Gasteiger charge is 2.37. The lowest BCUT2D eigenvalue weighted by atomic mass is 9.91. The molecule has 3 aromatic carbocycles. The number of carbonyl (C=O) groups is 1. The first-order chi connectivity index (χ1) is 15.0.